The Labute approximate surface area is 426 Å². The molecule has 10 aromatic rings. The Morgan fingerprint density at radius 1 is 0.343 bits per heavy atom. The quantitative estimate of drug-likeness (QED) is 0.166. The molecule has 0 saturated heterocycles. The van der Waals surface area contributed by atoms with Crippen LogP contribution in [0.5, 0.6) is 11.5 Å². The van der Waals surface area contributed by atoms with E-state index in [1.165, 1.54) is 16.7 Å². The van der Waals surface area contributed by atoms with Gasteiger partial charge in [-0.05, 0) is 144 Å². The van der Waals surface area contributed by atoms with Gasteiger partial charge in [-0.15, -0.1) is 0 Å². The minimum absolute atomic E-state index is 0. The van der Waals surface area contributed by atoms with E-state index in [0.29, 0.717) is 39.5 Å². The summed E-state index contributed by atoms with van der Waals surface area (Å²) in [6.45, 7) is 20.3. The Hall–Kier alpha value is -7.07. The monoisotopic (exact) mass is 1100 g/mol. The van der Waals surface area contributed by atoms with Crippen molar-refractivity contribution >= 4 is 21.9 Å². The van der Waals surface area contributed by atoms with Crippen molar-refractivity contribution in [1.82, 2.24) is 9.97 Å². The first kappa shape index (κ1) is 48.0. The van der Waals surface area contributed by atoms with Crippen LogP contribution in [0.3, 0.4) is 0 Å². The van der Waals surface area contributed by atoms with Crippen molar-refractivity contribution in [3.8, 4) is 89.9 Å². The van der Waals surface area contributed by atoms with Crippen LogP contribution in [0.2, 0.25) is 0 Å². The molecule has 352 valence electrons. The molecule has 3 aromatic heterocycles. The number of phenolic OH excluding ortho intramolecular Hbond substituents is 2. The molecule has 10 rings (SSSR count). The number of aromatic hydroxyl groups is 2. The van der Waals surface area contributed by atoms with Crippen LogP contribution >= 0.6 is 0 Å². The van der Waals surface area contributed by atoms with Gasteiger partial charge in [0.1, 0.15) is 22.7 Å². The molecule has 0 aliphatic heterocycles. The normalized spacial score (nSPS) is 12.1. The molecule has 0 spiro atoms. The van der Waals surface area contributed by atoms with Crippen molar-refractivity contribution in [2.45, 2.75) is 78.6 Å². The Morgan fingerprint density at radius 3 is 1.49 bits per heavy atom. The molecule has 70 heavy (non-hydrogen) atoms. The average molecular weight is 1100 g/mol. The average Bonchev–Trinajstić information content (AvgIpc) is 3.70. The molecule has 0 bridgehead atoms. The van der Waals surface area contributed by atoms with Gasteiger partial charge in [0.05, 0.1) is 22.8 Å². The topological polar surface area (TPSA) is 79.4 Å². The first-order valence-electron chi connectivity index (χ1n) is 23.8. The number of rotatable bonds is 7. The van der Waals surface area contributed by atoms with E-state index in [9.17, 15) is 10.2 Å². The third-order valence-electron chi connectivity index (χ3n) is 13.4. The van der Waals surface area contributed by atoms with E-state index in [2.05, 4.69) is 141 Å². The summed E-state index contributed by atoms with van der Waals surface area (Å²) in [5.41, 5.74) is 17.1. The van der Waals surface area contributed by atoms with Crippen LogP contribution < -0.4 is 0 Å². The molecular weight excluding hydrogens is 1040 g/mol. The van der Waals surface area contributed by atoms with E-state index in [-0.39, 0.29) is 48.8 Å². The molecule has 0 atom stereocenters. The fourth-order valence-corrected chi connectivity index (χ4v) is 9.33. The minimum atomic E-state index is -0.131. The second kappa shape index (κ2) is 18.4. The SMILES string of the molecule is CC(C)(C)c1ccc(-c2cc(C(C)(C)C)cc(-c3ccc(C(C)(C)C)cc3)c2-c2ccc(O)c(-c3cccc(-c4cc(-c5ccccc5)cc(-c5cc6oc7ccccc7c6cc5O)n4)n3)c2)cc1.[Pt]. The first-order chi connectivity index (χ1) is 32.9. The summed E-state index contributed by atoms with van der Waals surface area (Å²) >= 11 is 0. The van der Waals surface area contributed by atoms with Gasteiger partial charge in [0, 0.05) is 43.0 Å². The molecule has 5 nitrogen and oxygen atoms in total. The maximum absolute atomic E-state index is 11.8. The van der Waals surface area contributed by atoms with Crippen molar-refractivity contribution in [2.24, 2.45) is 0 Å². The molecule has 0 fully saturated rings. The van der Waals surface area contributed by atoms with Crippen LogP contribution in [-0.2, 0) is 37.3 Å². The number of para-hydroxylation sites is 1. The smallest absolute Gasteiger partial charge is 0.136 e. The van der Waals surface area contributed by atoms with Crippen LogP contribution in [0.4, 0.5) is 0 Å². The second-order valence-electron chi connectivity index (χ2n) is 21.4. The van der Waals surface area contributed by atoms with E-state index in [1.54, 1.807) is 12.1 Å². The minimum Gasteiger partial charge on any atom is -0.507 e. The molecule has 3 heterocycles. The Bertz CT molecular complexity index is 3470. The summed E-state index contributed by atoms with van der Waals surface area (Å²) in [5, 5.41) is 25.2. The molecule has 2 N–H and O–H groups in total. The molecule has 0 amide bonds. The zero-order chi connectivity index (χ0) is 48.4. The van der Waals surface area contributed by atoms with Crippen LogP contribution in [0.1, 0.15) is 79.0 Å². The van der Waals surface area contributed by atoms with Crippen molar-refractivity contribution in [3.05, 3.63) is 193 Å². The molecule has 0 saturated carbocycles. The number of benzene rings is 7. The number of hydrogen-bond acceptors (Lipinski definition) is 5. The van der Waals surface area contributed by atoms with E-state index in [4.69, 9.17) is 14.4 Å². The fourth-order valence-electron chi connectivity index (χ4n) is 9.33. The second-order valence-corrected chi connectivity index (χ2v) is 21.4. The zero-order valence-electron chi connectivity index (χ0n) is 41.3. The molecule has 0 unspecified atom stereocenters. The number of pyridine rings is 2. The largest absolute Gasteiger partial charge is 0.507 e. The molecule has 0 aliphatic carbocycles. The van der Waals surface area contributed by atoms with Crippen LogP contribution in [0, 0.1) is 0 Å². The predicted molar refractivity (Wildman–Crippen MR) is 287 cm³/mol. The summed E-state index contributed by atoms with van der Waals surface area (Å²) < 4.78 is 6.26. The number of fused-ring (bicyclic) bond motifs is 3. The maximum atomic E-state index is 11.8. The van der Waals surface area contributed by atoms with Gasteiger partial charge < -0.3 is 14.6 Å². The van der Waals surface area contributed by atoms with E-state index < -0.39 is 0 Å². The summed E-state index contributed by atoms with van der Waals surface area (Å²) in [6.07, 6.45) is 0. The van der Waals surface area contributed by atoms with E-state index in [0.717, 1.165) is 60.9 Å². The van der Waals surface area contributed by atoms with Gasteiger partial charge in [0.2, 0.25) is 0 Å². The van der Waals surface area contributed by atoms with E-state index >= 15 is 0 Å². The summed E-state index contributed by atoms with van der Waals surface area (Å²) in [4.78, 5) is 10.4. The zero-order valence-corrected chi connectivity index (χ0v) is 43.5. The maximum Gasteiger partial charge on any atom is 0.136 e. The first-order valence-corrected chi connectivity index (χ1v) is 23.8. The third kappa shape index (κ3) is 9.36. The van der Waals surface area contributed by atoms with Gasteiger partial charge >= 0.3 is 0 Å². The molecular formula is C64H58N2O3Pt. The summed E-state index contributed by atoms with van der Waals surface area (Å²) in [5.74, 6) is 0.225. The molecule has 0 radical (unpaired) electrons. The predicted octanol–water partition coefficient (Wildman–Crippen LogP) is 17.3. The van der Waals surface area contributed by atoms with Crippen molar-refractivity contribution in [2.75, 3.05) is 0 Å². The van der Waals surface area contributed by atoms with Crippen molar-refractivity contribution < 1.29 is 35.7 Å². The molecule has 0 aliphatic rings. The summed E-state index contributed by atoms with van der Waals surface area (Å²) in [6, 6.07) is 60.1. The number of furan rings is 1. The van der Waals surface area contributed by atoms with Crippen LogP contribution in [-0.4, -0.2) is 20.2 Å². The van der Waals surface area contributed by atoms with Gasteiger partial charge in [-0.25, -0.2) is 9.97 Å². The summed E-state index contributed by atoms with van der Waals surface area (Å²) in [7, 11) is 0. The van der Waals surface area contributed by atoms with Crippen LogP contribution in [0.25, 0.3) is 100 Å². The van der Waals surface area contributed by atoms with Crippen LogP contribution in [0.15, 0.2) is 180 Å². The molecule has 6 heteroatoms. The van der Waals surface area contributed by atoms with Crippen molar-refractivity contribution in [1.29, 1.82) is 0 Å². The van der Waals surface area contributed by atoms with Gasteiger partial charge in [-0.2, -0.15) is 0 Å². The van der Waals surface area contributed by atoms with Gasteiger partial charge in [-0.1, -0.05) is 172 Å². The molecule has 7 aromatic carbocycles. The number of aromatic nitrogens is 2. The number of hydrogen-bond donors (Lipinski definition) is 2. The standard InChI is InChI=1S/C64H58N2O3.Pt/c1-62(2,3)44-27-22-40(23-28-44)48-35-46(64(7,8)9)36-49(41-24-29-45(30-25-41)63(4,5)6)61(48)42-26-31-57(67)51(32-42)53-19-15-20-54(65-53)56-34-43(39-16-11-10-12-17-39)33-55(66-56)52-38-60-50(37-58(52)68)47-18-13-14-21-59(47)69-60;/h10-38,67-68H,1-9H3;. The number of phenols is 2. The third-order valence-corrected chi connectivity index (χ3v) is 13.4. The Balaban J connectivity index is 0.00000608. The Kier molecular flexibility index (Phi) is 12.6. The van der Waals surface area contributed by atoms with E-state index in [1.807, 2.05) is 84.9 Å². The Morgan fingerprint density at radius 2 is 0.871 bits per heavy atom. The van der Waals surface area contributed by atoms with Crippen molar-refractivity contribution in [3.63, 3.8) is 0 Å². The number of nitrogens with zero attached hydrogens (tertiary/aromatic N) is 2. The van der Waals surface area contributed by atoms with Gasteiger partial charge in [0.25, 0.3) is 0 Å². The fraction of sp³-hybridized carbons (Fsp3) is 0.188. The van der Waals surface area contributed by atoms with Gasteiger partial charge in [-0.3, -0.25) is 0 Å². The van der Waals surface area contributed by atoms with Gasteiger partial charge in [0.15, 0.2) is 0 Å².